The normalized spacial score (nSPS) is 39.5. The first-order valence-electron chi connectivity index (χ1n) is 14.5. The first-order chi connectivity index (χ1) is 17.3. The van der Waals surface area contributed by atoms with E-state index in [0.717, 1.165) is 75.5 Å². The van der Waals surface area contributed by atoms with Gasteiger partial charge in [-0.3, -0.25) is 14.4 Å². The highest BCUT2D eigenvalue weighted by molar-refractivity contribution is 6.05. The number of amides is 3. The van der Waals surface area contributed by atoms with Gasteiger partial charge in [-0.1, -0.05) is 0 Å². The average Bonchev–Trinajstić information content (AvgIpc) is 3.72. The molecule has 1 aromatic carbocycles. The maximum absolute atomic E-state index is 13.5. The Balaban J connectivity index is 1.17. The molecule has 6 aliphatic carbocycles. The lowest BCUT2D eigenvalue weighted by molar-refractivity contribution is 0.0899. The highest BCUT2D eigenvalue weighted by atomic mass is 16.2. The van der Waals surface area contributed by atoms with Crippen molar-refractivity contribution >= 4 is 17.7 Å². The lowest BCUT2D eigenvalue weighted by atomic mass is 9.92. The van der Waals surface area contributed by atoms with Crippen LogP contribution in [-0.4, -0.2) is 34.3 Å². The molecule has 0 radical (unpaired) electrons. The lowest BCUT2D eigenvalue weighted by Gasteiger charge is -2.30. The summed E-state index contributed by atoms with van der Waals surface area (Å²) in [6.07, 6.45) is 16.5. The first kappa shape index (κ1) is 22.8. The van der Waals surface area contributed by atoms with Gasteiger partial charge in [0.15, 0.2) is 0 Å². The molecule has 6 bridgehead atoms. The van der Waals surface area contributed by atoms with E-state index in [1.54, 1.807) is 18.2 Å². The number of carbonyl (C=O) groups excluding carboxylic acids is 3. The molecule has 0 unspecified atom stereocenters. The van der Waals surface area contributed by atoms with Crippen LogP contribution in [0.5, 0.6) is 0 Å². The largest absolute Gasteiger partial charge is 0.347 e. The minimum Gasteiger partial charge on any atom is -0.347 e. The van der Waals surface area contributed by atoms with E-state index in [2.05, 4.69) is 16.0 Å². The molecule has 0 saturated heterocycles. The van der Waals surface area contributed by atoms with Crippen molar-refractivity contribution in [2.24, 2.45) is 17.8 Å². The zero-order valence-electron chi connectivity index (χ0n) is 21.3. The molecule has 7 rings (SSSR count). The zero-order valence-corrected chi connectivity index (χ0v) is 21.3. The van der Waals surface area contributed by atoms with Gasteiger partial charge in [-0.25, -0.2) is 0 Å². The Morgan fingerprint density at radius 1 is 0.500 bits per heavy atom. The number of fused-ring (bicyclic) bond motifs is 6. The second-order valence-electron chi connectivity index (χ2n) is 13.4. The van der Waals surface area contributed by atoms with Gasteiger partial charge in [-0.15, -0.1) is 0 Å². The Morgan fingerprint density at radius 3 is 0.944 bits per heavy atom. The molecule has 6 fully saturated rings. The van der Waals surface area contributed by atoms with Crippen LogP contribution in [0.2, 0.25) is 0 Å². The van der Waals surface area contributed by atoms with Gasteiger partial charge >= 0.3 is 0 Å². The van der Waals surface area contributed by atoms with Crippen molar-refractivity contribution in [2.45, 2.75) is 113 Å². The SMILES string of the molecule is O=C(NC12CCC(CC1)C2)c1cc(C(=O)NC23CCC(CC2)C3)cc(C(=O)NC23CCC(CC2)C3)c1. The van der Waals surface area contributed by atoms with Crippen LogP contribution in [0.25, 0.3) is 0 Å². The molecule has 6 nitrogen and oxygen atoms in total. The maximum atomic E-state index is 13.5. The third kappa shape index (κ3) is 3.86. The third-order valence-corrected chi connectivity index (χ3v) is 11.1. The summed E-state index contributed by atoms with van der Waals surface area (Å²) in [5.41, 5.74) is 0.973. The summed E-state index contributed by atoms with van der Waals surface area (Å²) in [4.78, 5) is 40.5. The van der Waals surface area contributed by atoms with E-state index < -0.39 is 0 Å². The zero-order chi connectivity index (χ0) is 24.5. The second kappa shape index (κ2) is 8.06. The van der Waals surface area contributed by atoms with E-state index in [1.807, 2.05) is 0 Å². The van der Waals surface area contributed by atoms with Crippen molar-refractivity contribution in [2.75, 3.05) is 0 Å². The molecule has 192 valence electrons. The molecule has 0 aliphatic heterocycles. The molecule has 0 spiro atoms. The third-order valence-electron chi connectivity index (χ3n) is 11.1. The van der Waals surface area contributed by atoms with Gasteiger partial charge in [0.05, 0.1) is 0 Å². The van der Waals surface area contributed by atoms with Gasteiger partial charge < -0.3 is 16.0 Å². The Hall–Kier alpha value is -2.37. The van der Waals surface area contributed by atoms with Crippen LogP contribution in [0.4, 0.5) is 0 Å². The summed E-state index contributed by atoms with van der Waals surface area (Å²) in [6, 6.07) is 5.12. The van der Waals surface area contributed by atoms with E-state index >= 15 is 0 Å². The summed E-state index contributed by atoms with van der Waals surface area (Å²) in [5.74, 6) is 1.73. The van der Waals surface area contributed by atoms with Crippen molar-refractivity contribution in [3.8, 4) is 0 Å². The van der Waals surface area contributed by atoms with Crippen LogP contribution in [0.1, 0.15) is 127 Å². The lowest BCUT2D eigenvalue weighted by Crippen LogP contribution is -2.46. The van der Waals surface area contributed by atoms with Crippen LogP contribution >= 0.6 is 0 Å². The standard InChI is InChI=1S/C30H39N3O3/c34-25(31-28-7-1-19(16-28)2-8-28)22-13-23(26(35)32-29-9-3-20(17-29)4-10-29)15-24(14-22)27(36)33-30-11-5-21(18-30)6-12-30/h13-15,19-21H,1-12,16-18H2,(H,31,34)(H,32,35)(H,33,36). The Labute approximate surface area is 213 Å². The number of carbonyl (C=O) groups is 3. The molecular formula is C30H39N3O3. The minimum absolute atomic E-state index is 0.105. The average molecular weight is 490 g/mol. The molecule has 3 amide bonds. The monoisotopic (exact) mass is 489 g/mol. The van der Waals surface area contributed by atoms with E-state index in [4.69, 9.17) is 0 Å². The van der Waals surface area contributed by atoms with Crippen LogP contribution < -0.4 is 16.0 Å². The fourth-order valence-corrected chi connectivity index (χ4v) is 9.06. The summed E-state index contributed by atoms with van der Waals surface area (Å²) in [5, 5.41) is 9.98. The molecule has 36 heavy (non-hydrogen) atoms. The van der Waals surface area contributed by atoms with E-state index in [9.17, 15) is 14.4 Å². The van der Waals surface area contributed by atoms with Crippen molar-refractivity contribution in [3.63, 3.8) is 0 Å². The molecule has 6 saturated carbocycles. The fraction of sp³-hybridized carbons (Fsp3) is 0.700. The van der Waals surface area contributed by atoms with E-state index in [1.165, 1.54) is 38.5 Å². The molecule has 0 aromatic heterocycles. The van der Waals surface area contributed by atoms with Crippen LogP contribution in [-0.2, 0) is 0 Å². The van der Waals surface area contributed by atoms with Crippen LogP contribution in [0.15, 0.2) is 18.2 Å². The predicted molar refractivity (Wildman–Crippen MR) is 137 cm³/mol. The Bertz CT molecular complexity index is 952. The van der Waals surface area contributed by atoms with Crippen LogP contribution in [0.3, 0.4) is 0 Å². The molecular weight excluding hydrogens is 450 g/mol. The Kier molecular flexibility index (Phi) is 5.11. The number of nitrogens with one attached hydrogen (secondary N) is 3. The number of benzene rings is 1. The van der Waals surface area contributed by atoms with Crippen LogP contribution in [0, 0.1) is 17.8 Å². The smallest absolute Gasteiger partial charge is 0.251 e. The molecule has 3 N–H and O–H groups in total. The van der Waals surface area contributed by atoms with Gasteiger partial charge in [0.1, 0.15) is 0 Å². The molecule has 6 heteroatoms. The minimum atomic E-state index is -0.152. The number of hydrogen-bond donors (Lipinski definition) is 3. The fourth-order valence-electron chi connectivity index (χ4n) is 9.06. The van der Waals surface area contributed by atoms with Crippen molar-refractivity contribution in [1.82, 2.24) is 16.0 Å². The highest BCUT2D eigenvalue weighted by Gasteiger charge is 2.48. The highest BCUT2D eigenvalue weighted by Crippen LogP contribution is 2.49. The summed E-state index contributed by atoms with van der Waals surface area (Å²) < 4.78 is 0. The second-order valence-corrected chi connectivity index (χ2v) is 13.4. The van der Waals surface area contributed by atoms with Gasteiger partial charge in [0.2, 0.25) is 0 Å². The summed E-state index contributed by atoms with van der Waals surface area (Å²) >= 11 is 0. The van der Waals surface area contributed by atoms with Gasteiger partial charge in [-0.2, -0.15) is 0 Å². The molecule has 6 aliphatic rings. The van der Waals surface area contributed by atoms with E-state index in [-0.39, 0.29) is 34.3 Å². The van der Waals surface area contributed by atoms with Gasteiger partial charge in [-0.05, 0) is 132 Å². The number of hydrogen-bond acceptors (Lipinski definition) is 3. The maximum Gasteiger partial charge on any atom is 0.251 e. The molecule has 0 heterocycles. The topological polar surface area (TPSA) is 87.3 Å². The quantitative estimate of drug-likeness (QED) is 0.533. The van der Waals surface area contributed by atoms with Crippen molar-refractivity contribution in [1.29, 1.82) is 0 Å². The number of rotatable bonds is 6. The summed E-state index contributed by atoms with van der Waals surface area (Å²) in [6.45, 7) is 0. The van der Waals surface area contributed by atoms with Gasteiger partial charge in [0.25, 0.3) is 17.7 Å². The predicted octanol–water partition coefficient (Wildman–Crippen LogP) is 4.87. The molecule has 1 aromatic rings. The summed E-state index contributed by atoms with van der Waals surface area (Å²) in [7, 11) is 0. The van der Waals surface area contributed by atoms with Crippen molar-refractivity contribution in [3.05, 3.63) is 34.9 Å². The molecule has 0 atom stereocenters. The van der Waals surface area contributed by atoms with Gasteiger partial charge in [0, 0.05) is 33.3 Å². The van der Waals surface area contributed by atoms with Crippen molar-refractivity contribution < 1.29 is 14.4 Å². The Morgan fingerprint density at radius 2 is 0.750 bits per heavy atom. The van der Waals surface area contributed by atoms with E-state index in [0.29, 0.717) is 16.7 Å². The first-order valence-corrected chi connectivity index (χ1v) is 14.5.